The highest BCUT2D eigenvalue weighted by Crippen LogP contribution is 2.39. The van der Waals surface area contributed by atoms with Gasteiger partial charge in [-0.15, -0.1) is 11.3 Å². The summed E-state index contributed by atoms with van der Waals surface area (Å²) < 4.78 is 10.8. The Morgan fingerprint density at radius 2 is 2.24 bits per heavy atom. The van der Waals surface area contributed by atoms with E-state index in [1.165, 1.54) is 17.0 Å². The molecule has 1 aliphatic heterocycles. The van der Waals surface area contributed by atoms with Crippen LogP contribution in [0.25, 0.3) is 0 Å². The van der Waals surface area contributed by atoms with Crippen LogP contribution < -0.4 is 9.47 Å². The Bertz CT molecular complexity index is 586. The maximum absolute atomic E-state index is 5.56. The van der Waals surface area contributed by atoms with Crippen molar-refractivity contribution in [3.8, 4) is 11.5 Å². The number of aromatic nitrogens is 1. The molecule has 2 heterocycles. The molecule has 0 radical (unpaired) electrons. The Balaban J connectivity index is 1.84. The van der Waals surface area contributed by atoms with Crippen LogP contribution in [0.15, 0.2) is 29.8 Å². The van der Waals surface area contributed by atoms with Crippen molar-refractivity contribution in [2.45, 2.75) is 25.4 Å². The summed E-state index contributed by atoms with van der Waals surface area (Å²) in [4.78, 5) is 6.89. The molecule has 1 unspecified atom stereocenters. The summed E-state index contributed by atoms with van der Waals surface area (Å²) >= 11 is 1.72. The van der Waals surface area contributed by atoms with Gasteiger partial charge in [-0.05, 0) is 25.5 Å². The number of thiazole rings is 1. The van der Waals surface area contributed by atoms with E-state index in [1.807, 2.05) is 23.7 Å². The second kappa shape index (κ2) is 6.45. The van der Waals surface area contributed by atoms with Crippen LogP contribution >= 0.6 is 11.3 Å². The predicted octanol–water partition coefficient (Wildman–Crippen LogP) is 3.50. The molecular formula is C16H20N2O2S. The molecule has 1 aromatic heterocycles. The molecule has 1 atom stereocenters. The molecule has 1 aliphatic rings. The molecule has 1 fully saturated rings. The Labute approximate surface area is 129 Å². The molecule has 2 aromatic rings. The number of ether oxygens (including phenoxy) is 2. The highest BCUT2D eigenvalue weighted by atomic mass is 32.1. The van der Waals surface area contributed by atoms with Crippen LogP contribution in [0.5, 0.6) is 11.5 Å². The number of hydrogen-bond acceptors (Lipinski definition) is 5. The van der Waals surface area contributed by atoms with Gasteiger partial charge in [0.25, 0.3) is 0 Å². The molecule has 3 rings (SSSR count). The summed E-state index contributed by atoms with van der Waals surface area (Å²) in [6.07, 6.45) is 4.25. The van der Waals surface area contributed by atoms with Gasteiger partial charge in [0.2, 0.25) is 0 Å². The van der Waals surface area contributed by atoms with E-state index in [0.29, 0.717) is 6.04 Å². The van der Waals surface area contributed by atoms with E-state index >= 15 is 0 Å². The normalized spacial score (nSPS) is 18.9. The fraction of sp³-hybridized carbons (Fsp3) is 0.438. The van der Waals surface area contributed by atoms with Crippen molar-refractivity contribution in [1.82, 2.24) is 9.88 Å². The maximum atomic E-state index is 5.56. The van der Waals surface area contributed by atoms with E-state index in [4.69, 9.17) is 9.47 Å². The van der Waals surface area contributed by atoms with E-state index in [0.717, 1.165) is 31.0 Å². The van der Waals surface area contributed by atoms with Gasteiger partial charge >= 0.3 is 0 Å². The van der Waals surface area contributed by atoms with Crippen molar-refractivity contribution in [3.63, 3.8) is 0 Å². The van der Waals surface area contributed by atoms with Crippen LogP contribution in [0.1, 0.15) is 29.5 Å². The van der Waals surface area contributed by atoms with Crippen LogP contribution in [-0.2, 0) is 6.54 Å². The minimum absolute atomic E-state index is 0.398. The standard InChI is InChI=1S/C16H20N2O2S/c1-19-12-5-6-13(15(10-12)20-2)14-4-3-8-18(14)11-16-17-7-9-21-16/h5-7,9-10,14H,3-4,8,11H2,1-2H3. The second-order valence-corrected chi connectivity index (χ2v) is 6.14. The summed E-state index contributed by atoms with van der Waals surface area (Å²) in [5.41, 5.74) is 1.24. The zero-order chi connectivity index (χ0) is 14.7. The monoisotopic (exact) mass is 304 g/mol. The number of benzene rings is 1. The third kappa shape index (κ3) is 3.04. The molecule has 5 heteroatoms. The van der Waals surface area contributed by atoms with Crippen molar-refractivity contribution in [2.24, 2.45) is 0 Å². The van der Waals surface area contributed by atoms with Gasteiger partial charge in [0.15, 0.2) is 0 Å². The highest BCUT2D eigenvalue weighted by molar-refractivity contribution is 7.09. The first kappa shape index (κ1) is 14.4. The minimum Gasteiger partial charge on any atom is -0.497 e. The lowest BCUT2D eigenvalue weighted by molar-refractivity contribution is 0.242. The van der Waals surface area contributed by atoms with Crippen molar-refractivity contribution >= 4 is 11.3 Å². The number of hydrogen-bond donors (Lipinski definition) is 0. The highest BCUT2D eigenvalue weighted by Gasteiger charge is 2.28. The van der Waals surface area contributed by atoms with Gasteiger partial charge in [-0.1, -0.05) is 6.07 Å². The van der Waals surface area contributed by atoms with E-state index < -0.39 is 0 Å². The molecule has 112 valence electrons. The number of methoxy groups -OCH3 is 2. The zero-order valence-corrected chi connectivity index (χ0v) is 13.2. The Kier molecular flexibility index (Phi) is 4.41. The Morgan fingerprint density at radius 1 is 1.33 bits per heavy atom. The van der Waals surface area contributed by atoms with Crippen LogP contribution in [0.3, 0.4) is 0 Å². The molecule has 1 aromatic carbocycles. The molecule has 21 heavy (non-hydrogen) atoms. The molecular weight excluding hydrogens is 284 g/mol. The maximum Gasteiger partial charge on any atom is 0.127 e. The lowest BCUT2D eigenvalue weighted by atomic mass is 10.0. The van der Waals surface area contributed by atoms with Gasteiger partial charge in [-0.3, -0.25) is 4.90 Å². The van der Waals surface area contributed by atoms with Crippen LogP contribution in [0.2, 0.25) is 0 Å². The average Bonchev–Trinajstić information content (AvgIpc) is 3.19. The van der Waals surface area contributed by atoms with Crippen molar-refractivity contribution in [1.29, 1.82) is 0 Å². The Hall–Kier alpha value is -1.59. The largest absolute Gasteiger partial charge is 0.497 e. The first-order chi connectivity index (χ1) is 10.3. The molecule has 0 aliphatic carbocycles. The van der Waals surface area contributed by atoms with Gasteiger partial charge in [-0.25, -0.2) is 4.98 Å². The Morgan fingerprint density at radius 3 is 2.95 bits per heavy atom. The summed E-state index contributed by atoms with van der Waals surface area (Å²) in [5.74, 6) is 1.74. The van der Waals surface area contributed by atoms with Crippen molar-refractivity contribution in [3.05, 3.63) is 40.3 Å². The van der Waals surface area contributed by atoms with Gasteiger partial charge < -0.3 is 9.47 Å². The first-order valence-electron chi connectivity index (χ1n) is 7.16. The molecule has 0 spiro atoms. The fourth-order valence-electron chi connectivity index (χ4n) is 2.97. The summed E-state index contributed by atoms with van der Waals surface area (Å²) in [6.45, 7) is 2.02. The smallest absolute Gasteiger partial charge is 0.127 e. The van der Waals surface area contributed by atoms with Gasteiger partial charge in [-0.2, -0.15) is 0 Å². The molecule has 1 saturated heterocycles. The number of nitrogens with zero attached hydrogens (tertiary/aromatic N) is 2. The topological polar surface area (TPSA) is 34.6 Å². The number of likely N-dealkylation sites (tertiary alicyclic amines) is 1. The molecule has 0 saturated carbocycles. The van der Waals surface area contributed by atoms with Crippen molar-refractivity contribution < 1.29 is 9.47 Å². The fourth-order valence-corrected chi connectivity index (χ4v) is 3.61. The van der Waals surface area contributed by atoms with E-state index in [1.54, 1.807) is 25.6 Å². The molecule has 0 N–H and O–H groups in total. The van der Waals surface area contributed by atoms with Gasteiger partial charge in [0, 0.05) is 29.2 Å². The number of rotatable bonds is 5. The SMILES string of the molecule is COc1ccc(C2CCCN2Cc2nccs2)c(OC)c1. The van der Waals surface area contributed by atoms with Crippen molar-refractivity contribution in [2.75, 3.05) is 20.8 Å². The lowest BCUT2D eigenvalue weighted by Crippen LogP contribution is -2.23. The lowest BCUT2D eigenvalue weighted by Gasteiger charge is -2.25. The molecule has 4 nitrogen and oxygen atoms in total. The molecule has 0 bridgehead atoms. The summed E-state index contributed by atoms with van der Waals surface area (Å²) in [6, 6.07) is 6.50. The zero-order valence-electron chi connectivity index (χ0n) is 12.4. The predicted molar refractivity (Wildman–Crippen MR) is 84.0 cm³/mol. The summed E-state index contributed by atoms with van der Waals surface area (Å²) in [7, 11) is 3.40. The quantitative estimate of drug-likeness (QED) is 0.847. The van der Waals surface area contributed by atoms with Crippen LogP contribution in [-0.4, -0.2) is 30.6 Å². The van der Waals surface area contributed by atoms with Gasteiger partial charge in [0.05, 0.1) is 20.8 Å². The van der Waals surface area contributed by atoms with Crippen LogP contribution in [0.4, 0.5) is 0 Å². The van der Waals surface area contributed by atoms with Gasteiger partial charge in [0.1, 0.15) is 16.5 Å². The second-order valence-electron chi connectivity index (χ2n) is 5.16. The van der Waals surface area contributed by atoms with E-state index in [2.05, 4.69) is 16.0 Å². The van der Waals surface area contributed by atoms with Crippen LogP contribution in [0, 0.1) is 0 Å². The summed E-state index contributed by atoms with van der Waals surface area (Å²) in [5, 5.41) is 3.21. The first-order valence-corrected chi connectivity index (χ1v) is 8.04. The third-order valence-electron chi connectivity index (χ3n) is 3.99. The minimum atomic E-state index is 0.398. The third-order valence-corrected chi connectivity index (χ3v) is 4.75. The average molecular weight is 304 g/mol. The van der Waals surface area contributed by atoms with E-state index in [-0.39, 0.29) is 0 Å². The van der Waals surface area contributed by atoms with E-state index in [9.17, 15) is 0 Å². The molecule has 0 amide bonds.